The van der Waals surface area contributed by atoms with E-state index in [4.69, 9.17) is 0 Å². The molecule has 0 amide bonds. The monoisotopic (exact) mass is 399 g/mol. The van der Waals surface area contributed by atoms with E-state index in [0.29, 0.717) is 23.9 Å². The second-order valence-corrected chi connectivity index (χ2v) is 9.51. The first-order valence-corrected chi connectivity index (χ1v) is 11.1. The summed E-state index contributed by atoms with van der Waals surface area (Å²) < 4.78 is 30.3. The van der Waals surface area contributed by atoms with E-state index in [9.17, 15) is 8.42 Å². The summed E-state index contributed by atoms with van der Waals surface area (Å²) in [6.45, 7) is 1.03. The number of piperidine rings is 1. The molecule has 1 saturated heterocycles. The van der Waals surface area contributed by atoms with E-state index >= 15 is 0 Å². The summed E-state index contributed by atoms with van der Waals surface area (Å²) in [7, 11) is -3.48. The van der Waals surface area contributed by atoms with Crippen molar-refractivity contribution in [2.24, 2.45) is 0 Å². The van der Waals surface area contributed by atoms with Crippen molar-refractivity contribution in [2.75, 3.05) is 13.1 Å². The van der Waals surface area contributed by atoms with Crippen molar-refractivity contribution in [3.63, 3.8) is 0 Å². The minimum atomic E-state index is -3.48. The lowest BCUT2D eigenvalue weighted by molar-refractivity contribution is 0.319. The van der Waals surface area contributed by atoms with Crippen LogP contribution in [0.15, 0.2) is 53.3 Å². The first kappa shape index (κ1) is 16.8. The summed E-state index contributed by atoms with van der Waals surface area (Å²) in [6.07, 6.45) is 5.12. The molecule has 5 rings (SSSR count). The molecule has 138 valence electrons. The van der Waals surface area contributed by atoms with Gasteiger partial charge in [0.25, 0.3) is 0 Å². The Morgan fingerprint density at radius 3 is 2.78 bits per heavy atom. The van der Waals surface area contributed by atoms with E-state index in [1.54, 1.807) is 32.5 Å². The number of aromatic nitrogens is 4. The smallest absolute Gasteiger partial charge is 0.243 e. The average molecular weight is 400 g/mol. The third-order valence-corrected chi connectivity index (χ3v) is 7.85. The number of pyridine rings is 1. The summed E-state index contributed by atoms with van der Waals surface area (Å²) in [5.74, 6) is 0.328. The minimum absolute atomic E-state index is 0.328. The molecule has 4 heterocycles. The molecule has 0 aliphatic carbocycles. The Bertz CT molecular complexity index is 1220. The van der Waals surface area contributed by atoms with Crippen LogP contribution in [0.1, 0.15) is 24.3 Å². The lowest BCUT2D eigenvalue weighted by atomic mass is 9.91. The fourth-order valence-corrected chi connectivity index (χ4v) is 5.94. The predicted octanol–water partition coefficient (Wildman–Crippen LogP) is 2.91. The van der Waals surface area contributed by atoms with Crippen LogP contribution < -0.4 is 0 Å². The van der Waals surface area contributed by atoms with Gasteiger partial charge in [-0.15, -0.1) is 11.3 Å². The van der Waals surface area contributed by atoms with E-state index in [1.807, 2.05) is 12.3 Å². The Morgan fingerprint density at radius 2 is 1.93 bits per heavy atom. The van der Waals surface area contributed by atoms with Gasteiger partial charge < -0.3 is 0 Å². The van der Waals surface area contributed by atoms with Crippen molar-refractivity contribution in [3.8, 4) is 0 Å². The lowest BCUT2D eigenvalue weighted by Crippen LogP contribution is -2.37. The number of sulfonamides is 1. The topological polar surface area (TPSA) is 80.5 Å². The Labute approximate surface area is 160 Å². The van der Waals surface area contributed by atoms with E-state index in [0.717, 1.165) is 28.7 Å². The van der Waals surface area contributed by atoms with Crippen LogP contribution in [-0.2, 0) is 10.0 Å². The third kappa shape index (κ3) is 2.91. The van der Waals surface area contributed by atoms with E-state index in [2.05, 4.69) is 21.1 Å². The van der Waals surface area contributed by atoms with Crippen molar-refractivity contribution in [2.45, 2.75) is 23.7 Å². The maximum Gasteiger partial charge on any atom is 0.243 e. The fourth-order valence-electron chi connectivity index (χ4n) is 3.65. The van der Waals surface area contributed by atoms with Gasteiger partial charge >= 0.3 is 0 Å². The van der Waals surface area contributed by atoms with Gasteiger partial charge in [-0.05, 0) is 48.6 Å². The van der Waals surface area contributed by atoms with Crippen molar-refractivity contribution in [1.29, 1.82) is 0 Å². The molecule has 0 N–H and O–H groups in total. The molecule has 4 aromatic rings. The Hall–Kier alpha value is -2.36. The minimum Gasteiger partial charge on any atom is -0.245 e. The van der Waals surface area contributed by atoms with Crippen LogP contribution in [0.25, 0.3) is 15.9 Å². The van der Waals surface area contributed by atoms with Gasteiger partial charge in [0.05, 0.1) is 20.6 Å². The second-order valence-electron chi connectivity index (χ2n) is 6.69. The molecule has 1 aliphatic heterocycles. The highest BCUT2D eigenvalue weighted by Gasteiger charge is 2.30. The van der Waals surface area contributed by atoms with Crippen LogP contribution in [0.2, 0.25) is 0 Å². The molecule has 27 heavy (non-hydrogen) atoms. The van der Waals surface area contributed by atoms with Crippen LogP contribution in [0.4, 0.5) is 0 Å². The zero-order chi connectivity index (χ0) is 18.4. The van der Waals surface area contributed by atoms with Gasteiger partial charge in [-0.1, -0.05) is 6.07 Å². The zero-order valence-corrected chi connectivity index (χ0v) is 16.0. The first-order chi connectivity index (χ1) is 13.1. The second kappa shape index (κ2) is 6.36. The number of thiazole rings is 1. The maximum atomic E-state index is 13.0. The molecule has 3 aromatic heterocycles. The molecule has 0 unspecified atom stereocenters. The average Bonchev–Trinajstić information content (AvgIpc) is 3.35. The largest absolute Gasteiger partial charge is 0.245 e. The third-order valence-electron chi connectivity index (χ3n) is 5.16. The van der Waals surface area contributed by atoms with E-state index < -0.39 is 10.0 Å². The van der Waals surface area contributed by atoms with Gasteiger partial charge in [0.1, 0.15) is 6.33 Å². The van der Waals surface area contributed by atoms with Gasteiger partial charge in [0.2, 0.25) is 10.0 Å². The van der Waals surface area contributed by atoms with Crippen molar-refractivity contribution in [1.82, 2.24) is 23.9 Å². The van der Waals surface area contributed by atoms with Crippen LogP contribution in [-0.4, -0.2) is 45.4 Å². The quantitative estimate of drug-likeness (QED) is 0.529. The van der Waals surface area contributed by atoms with Crippen LogP contribution in [0.5, 0.6) is 0 Å². The van der Waals surface area contributed by atoms with Gasteiger partial charge in [0.15, 0.2) is 5.65 Å². The maximum absolute atomic E-state index is 13.0. The van der Waals surface area contributed by atoms with Crippen LogP contribution in [0, 0.1) is 0 Å². The van der Waals surface area contributed by atoms with Gasteiger partial charge in [0, 0.05) is 19.3 Å². The fraction of sp³-hybridized carbons (Fsp3) is 0.278. The highest BCUT2D eigenvalue weighted by atomic mass is 32.2. The zero-order valence-electron chi connectivity index (χ0n) is 14.4. The number of fused-ring (bicyclic) bond motifs is 2. The molecule has 0 bridgehead atoms. The standard InChI is InChI=1S/C18H17N5O2S2/c24-27(25,15-2-3-16-17(9-15)26-12-20-16)22-7-5-13(6-8-22)14-1-4-18-19-11-21-23(18)10-14/h1-4,9-13H,5-8H2. The Kier molecular flexibility index (Phi) is 3.96. The molecule has 0 radical (unpaired) electrons. The van der Waals surface area contributed by atoms with Gasteiger partial charge in [-0.25, -0.2) is 22.9 Å². The van der Waals surface area contributed by atoms with Gasteiger partial charge in [-0.3, -0.25) is 0 Å². The molecule has 7 nitrogen and oxygen atoms in total. The summed E-state index contributed by atoms with van der Waals surface area (Å²) in [5, 5.41) is 4.18. The summed E-state index contributed by atoms with van der Waals surface area (Å²) in [6, 6.07) is 9.18. The highest BCUT2D eigenvalue weighted by molar-refractivity contribution is 7.89. The molecule has 1 aliphatic rings. The summed E-state index contributed by atoms with van der Waals surface area (Å²) >= 11 is 1.46. The van der Waals surface area contributed by atoms with Crippen LogP contribution >= 0.6 is 11.3 Å². The number of hydrogen-bond acceptors (Lipinski definition) is 6. The number of rotatable bonds is 3. The lowest BCUT2D eigenvalue weighted by Gasteiger charge is -2.31. The molecule has 0 atom stereocenters. The number of nitrogens with zero attached hydrogens (tertiary/aromatic N) is 5. The SMILES string of the molecule is O=S(=O)(c1ccc2ncsc2c1)N1CCC(c2ccc3ncnn3c2)CC1. The Morgan fingerprint density at radius 1 is 1.07 bits per heavy atom. The molecule has 9 heteroatoms. The first-order valence-electron chi connectivity index (χ1n) is 8.74. The predicted molar refractivity (Wildman–Crippen MR) is 103 cm³/mol. The number of hydrogen-bond donors (Lipinski definition) is 0. The normalized spacial score (nSPS) is 17.0. The summed E-state index contributed by atoms with van der Waals surface area (Å²) in [4.78, 5) is 8.72. The van der Waals surface area contributed by atoms with E-state index in [-0.39, 0.29) is 0 Å². The molecule has 0 spiro atoms. The molecule has 1 fully saturated rings. The molecule has 0 saturated carbocycles. The number of benzene rings is 1. The van der Waals surface area contributed by atoms with Crippen molar-refractivity contribution in [3.05, 3.63) is 53.9 Å². The van der Waals surface area contributed by atoms with Crippen molar-refractivity contribution >= 4 is 37.2 Å². The van der Waals surface area contributed by atoms with E-state index in [1.165, 1.54) is 23.2 Å². The van der Waals surface area contributed by atoms with Gasteiger partial charge in [-0.2, -0.15) is 9.40 Å². The highest BCUT2D eigenvalue weighted by Crippen LogP contribution is 2.31. The van der Waals surface area contributed by atoms with Crippen molar-refractivity contribution < 1.29 is 8.42 Å². The molecular weight excluding hydrogens is 382 g/mol. The summed E-state index contributed by atoms with van der Waals surface area (Å²) in [5.41, 5.74) is 4.56. The molecule has 1 aromatic carbocycles. The molecular formula is C18H17N5O2S2. The Balaban J connectivity index is 1.35. The van der Waals surface area contributed by atoms with Crippen LogP contribution in [0.3, 0.4) is 0 Å².